The van der Waals surface area contributed by atoms with Crippen LogP contribution < -0.4 is 15.0 Å². The van der Waals surface area contributed by atoms with Gasteiger partial charge in [-0.2, -0.15) is 0 Å². The highest BCUT2D eigenvalue weighted by Crippen LogP contribution is 2.31. The minimum atomic E-state index is -0.615. The predicted molar refractivity (Wildman–Crippen MR) is 161 cm³/mol. The summed E-state index contributed by atoms with van der Waals surface area (Å²) in [4.78, 5) is 48.1. The van der Waals surface area contributed by atoms with Gasteiger partial charge in [-0.1, -0.05) is 6.07 Å². The molecule has 0 aliphatic carbocycles. The maximum absolute atomic E-state index is 13.0. The average Bonchev–Trinajstić information content (AvgIpc) is 3.55. The van der Waals surface area contributed by atoms with Gasteiger partial charge in [0, 0.05) is 56.6 Å². The first kappa shape index (κ1) is 27.8. The second kappa shape index (κ2) is 10.9. The van der Waals surface area contributed by atoms with E-state index in [0.717, 1.165) is 67.2 Å². The summed E-state index contributed by atoms with van der Waals surface area (Å²) in [5.41, 5.74) is 3.53. The van der Waals surface area contributed by atoms with Gasteiger partial charge in [-0.3, -0.25) is 24.6 Å². The van der Waals surface area contributed by atoms with Crippen LogP contribution in [0.2, 0.25) is 0 Å². The van der Waals surface area contributed by atoms with Crippen molar-refractivity contribution >= 4 is 34.4 Å². The summed E-state index contributed by atoms with van der Waals surface area (Å²) in [6, 6.07) is 15.7. The standard InChI is InChI=1S/C33H37N5O5/c1-33(2)20-37(13-14-42-33)29-9-4-22-15-21(3-7-27(22)34-29)17-36-12-11-25(19-36)43-24-5-6-26-23(16-24)18-38(32(26)41)28-8-10-30(39)35-31(28)40/h3-7,9,15-16,25,28H,8,10-14,17-20H2,1-2H3,(H,35,39,40). The number of nitrogens with zero attached hydrogens (tertiary/aromatic N) is 4. The van der Waals surface area contributed by atoms with E-state index in [1.165, 1.54) is 5.56 Å². The van der Waals surface area contributed by atoms with Crippen LogP contribution in [0.15, 0.2) is 48.5 Å². The van der Waals surface area contributed by atoms with Crippen molar-refractivity contribution in [3.63, 3.8) is 0 Å². The van der Waals surface area contributed by atoms with Crippen LogP contribution in [0.5, 0.6) is 5.75 Å². The fourth-order valence-corrected chi connectivity index (χ4v) is 6.76. The quantitative estimate of drug-likeness (QED) is 0.441. The van der Waals surface area contributed by atoms with E-state index in [4.69, 9.17) is 14.5 Å². The van der Waals surface area contributed by atoms with Gasteiger partial charge in [0.25, 0.3) is 5.91 Å². The monoisotopic (exact) mass is 583 g/mol. The lowest BCUT2D eigenvalue weighted by Gasteiger charge is -2.38. The molecule has 3 amide bonds. The Bertz CT molecular complexity index is 1610. The molecule has 0 bridgehead atoms. The first-order valence-electron chi connectivity index (χ1n) is 15.2. The Hall–Kier alpha value is -4.02. The lowest BCUT2D eigenvalue weighted by molar-refractivity contribution is -0.136. The Morgan fingerprint density at radius 1 is 1.05 bits per heavy atom. The van der Waals surface area contributed by atoms with E-state index in [9.17, 15) is 14.4 Å². The van der Waals surface area contributed by atoms with Gasteiger partial charge < -0.3 is 19.3 Å². The van der Waals surface area contributed by atoms with Crippen molar-refractivity contribution in [3.05, 3.63) is 65.2 Å². The summed E-state index contributed by atoms with van der Waals surface area (Å²) in [5.74, 6) is 0.876. The number of anilines is 1. The van der Waals surface area contributed by atoms with E-state index in [1.807, 2.05) is 12.1 Å². The summed E-state index contributed by atoms with van der Waals surface area (Å²) in [6.07, 6.45) is 1.58. The van der Waals surface area contributed by atoms with Crippen LogP contribution in [0.1, 0.15) is 54.6 Å². The number of carbonyl (C=O) groups excluding carboxylic acids is 3. The Morgan fingerprint density at radius 3 is 2.77 bits per heavy atom. The largest absolute Gasteiger partial charge is 0.489 e. The minimum absolute atomic E-state index is 0.0591. The Balaban J connectivity index is 0.957. The molecule has 10 heteroatoms. The lowest BCUT2D eigenvalue weighted by Crippen LogP contribution is -2.52. The van der Waals surface area contributed by atoms with Gasteiger partial charge in [-0.25, -0.2) is 4.98 Å². The molecular formula is C33H37N5O5. The van der Waals surface area contributed by atoms with Crippen molar-refractivity contribution in [2.24, 2.45) is 0 Å². The zero-order valence-electron chi connectivity index (χ0n) is 24.7. The topological polar surface area (TPSA) is 104 Å². The molecule has 2 atom stereocenters. The SMILES string of the molecule is CC1(C)CN(c2ccc3cc(CN4CCC(Oc5ccc6c(c5)CN(C5CCC(=O)NC5=O)C6=O)C4)ccc3n2)CCO1. The Morgan fingerprint density at radius 2 is 1.93 bits per heavy atom. The van der Waals surface area contributed by atoms with Gasteiger partial charge >= 0.3 is 0 Å². The van der Waals surface area contributed by atoms with Gasteiger partial charge in [0.1, 0.15) is 23.7 Å². The van der Waals surface area contributed by atoms with E-state index in [2.05, 4.69) is 59.3 Å². The van der Waals surface area contributed by atoms with Crippen molar-refractivity contribution in [2.75, 3.05) is 37.7 Å². The third-order valence-electron chi connectivity index (χ3n) is 8.92. The number of aromatic nitrogens is 1. The molecule has 7 rings (SSSR count). The molecule has 10 nitrogen and oxygen atoms in total. The van der Waals surface area contributed by atoms with E-state index >= 15 is 0 Å². The highest BCUT2D eigenvalue weighted by atomic mass is 16.5. The van der Waals surface area contributed by atoms with Crippen LogP contribution in [0, 0.1) is 0 Å². The zero-order valence-corrected chi connectivity index (χ0v) is 24.7. The number of benzene rings is 2. The van der Waals surface area contributed by atoms with Gasteiger partial charge in [0.05, 0.1) is 17.7 Å². The maximum atomic E-state index is 13.0. The van der Waals surface area contributed by atoms with Crippen LogP contribution in [-0.2, 0) is 27.4 Å². The van der Waals surface area contributed by atoms with E-state index in [1.54, 1.807) is 11.0 Å². The number of hydrogen-bond donors (Lipinski definition) is 1. The summed E-state index contributed by atoms with van der Waals surface area (Å²) in [6.45, 7) is 9.57. The van der Waals surface area contributed by atoms with E-state index in [-0.39, 0.29) is 29.9 Å². The fourth-order valence-electron chi connectivity index (χ4n) is 6.76. The van der Waals surface area contributed by atoms with Gasteiger partial charge in [0.15, 0.2) is 0 Å². The molecular weight excluding hydrogens is 546 g/mol. The number of amides is 3. The number of carbonyl (C=O) groups is 3. The third-order valence-corrected chi connectivity index (χ3v) is 8.92. The first-order chi connectivity index (χ1) is 20.7. The zero-order chi connectivity index (χ0) is 29.7. The summed E-state index contributed by atoms with van der Waals surface area (Å²) < 4.78 is 12.2. The number of likely N-dealkylation sites (tertiary alicyclic amines) is 1. The predicted octanol–water partition coefficient (Wildman–Crippen LogP) is 3.26. The maximum Gasteiger partial charge on any atom is 0.255 e. The smallest absolute Gasteiger partial charge is 0.255 e. The number of morpholine rings is 1. The second-order valence-electron chi connectivity index (χ2n) is 12.7. The molecule has 5 heterocycles. The number of imide groups is 1. The van der Waals surface area contributed by atoms with Gasteiger partial charge in [0.2, 0.25) is 11.8 Å². The van der Waals surface area contributed by atoms with Crippen molar-refractivity contribution in [1.29, 1.82) is 0 Å². The van der Waals surface area contributed by atoms with Gasteiger partial charge in [-0.15, -0.1) is 0 Å². The number of piperidine rings is 1. The summed E-state index contributed by atoms with van der Waals surface area (Å²) in [7, 11) is 0. The minimum Gasteiger partial charge on any atom is -0.489 e. The van der Waals surface area contributed by atoms with Crippen LogP contribution in [0.4, 0.5) is 5.82 Å². The first-order valence-corrected chi connectivity index (χ1v) is 15.2. The highest BCUT2D eigenvalue weighted by molar-refractivity contribution is 6.05. The fraction of sp³-hybridized carbons (Fsp3) is 0.455. The van der Waals surface area contributed by atoms with Crippen LogP contribution >= 0.6 is 0 Å². The second-order valence-corrected chi connectivity index (χ2v) is 12.7. The van der Waals surface area contributed by atoms with Gasteiger partial charge in [-0.05, 0) is 80.3 Å². The molecule has 0 radical (unpaired) electrons. The molecule has 2 unspecified atom stereocenters. The van der Waals surface area contributed by atoms with Crippen molar-refractivity contribution in [3.8, 4) is 5.75 Å². The summed E-state index contributed by atoms with van der Waals surface area (Å²) >= 11 is 0. The number of hydrogen-bond acceptors (Lipinski definition) is 8. The molecule has 1 N–H and O–H groups in total. The Kier molecular flexibility index (Phi) is 7.05. The molecule has 3 fully saturated rings. The summed E-state index contributed by atoms with van der Waals surface area (Å²) in [5, 5.41) is 3.49. The van der Waals surface area contributed by atoms with Crippen molar-refractivity contribution in [1.82, 2.24) is 20.1 Å². The molecule has 224 valence electrons. The number of ether oxygens (including phenoxy) is 2. The van der Waals surface area contributed by atoms with E-state index in [0.29, 0.717) is 25.1 Å². The average molecular weight is 584 g/mol. The van der Waals surface area contributed by atoms with Crippen LogP contribution in [0.3, 0.4) is 0 Å². The molecule has 2 aromatic carbocycles. The molecule has 43 heavy (non-hydrogen) atoms. The number of nitrogens with one attached hydrogen (secondary N) is 1. The molecule has 0 spiro atoms. The molecule has 3 saturated heterocycles. The molecule has 4 aliphatic heterocycles. The molecule has 0 saturated carbocycles. The number of pyridine rings is 1. The highest BCUT2D eigenvalue weighted by Gasteiger charge is 2.39. The Labute approximate surface area is 250 Å². The lowest BCUT2D eigenvalue weighted by atomic mass is 10.0. The van der Waals surface area contributed by atoms with Crippen LogP contribution in [-0.4, -0.2) is 83.0 Å². The van der Waals surface area contributed by atoms with E-state index < -0.39 is 11.9 Å². The third kappa shape index (κ3) is 5.69. The molecule has 1 aromatic heterocycles. The van der Waals surface area contributed by atoms with Crippen molar-refractivity contribution < 1.29 is 23.9 Å². The molecule has 3 aromatic rings. The number of rotatable bonds is 6. The van der Waals surface area contributed by atoms with Crippen molar-refractivity contribution in [2.45, 2.75) is 63.9 Å². The van der Waals surface area contributed by atoms with Crippen LogP contribution in [0.25, 0.3) is 10.9 Å². The number of fused-ring (bicyclic) bond motifs is 2. The normalized spacial score (nSPS) is 24.0. The molecule has 4 aliphatic rings.